The van der Waals surface area contributed by atoms with Crippen LogP contribution in [0.1, 0.15) is 5.56 Å². The highest BCUT2D eigenvalue weighted by molar-refractivity contribution is 9.10. The molecule has 5 heteroatoms. The van der Waals surface area contributed by atoms with E-state index in [0.29, 0.717) is 17.9 Å². The summed E-state index contributed by atoms with van der Waals surface area (Å²) in [5.41, 5.74) is 1.43. The Morgan fingerprint density at radius 2 is 1.89 bits per heavy atom. The van der Waals surface area contributed by atoms with Crippen LogP contribution in [0.25, 0.3) is 0 Å². The van der Waals surface area contributed by atoms with Crippen LogP contribution in [-0.4, -0.2) is 7.11 Å². The molecular formula is C14H12BrF2NO. The van der Waals surface area contributed by atoms with Crippen molar-refractivity contribution in [1.82, 2.24) is 0 Å². The van der Waals surface area contributed by atoms with Gasteiger partial charge in [0.05, 0.1) is 12.8 Å². The van der Waals surface area contributed by atoms with Crippen molar-refractivity contribution in [2.45, 2.75) is 6.54 Å². The standard InChI is InChI=1S/C14H12BrF2NO/c1-19-14-5-3-10(15)7-13(14)18-8-9-2-4-11(16)12(17)6-9/h2-7,18H,8H2,1H3. The van der Waals surface area contributed by atoms with E-state index in [1.807, 2.05) is 18.2 Å². The van der Waals surface area contributed by atoms with E-state index in [0.717, 1.165) is 16.2 Å². The van der Waals surface area contributed by atoms with Crippen LogP contribution in [0.3, 0.4) is 0 Å². The number of anilines is 1. The molecule has 0 aromatic heterocycles. The number of rotatable bonds is 4. The molecule has 2 aromatic rings. The van der Waals surface area contributed by atoms with Crippen molar-refractivity contribution in [1.29, 1.82) is 0 Å². The lowest BCUT2D eigenvalue weighted by atomic mass is 10.2. The summed E-state index contributed by atoms with van der Waals surface area (Å²) in [5, 5.41) is 3.12. The van der Waals surface area contributed by atoms with Gasteiger partial charge in [0.15, 0.2) is 11.6 Å². The van der Waals surface area contributed by atoms with Gasteiger partial charge in [0.1, 0.15) is 5.75 Å². The quantitative estimate of drug-likeness (QED) is 0.901. The zero-order valence-corrected chi connectivity index (χ0v) is 11.8. The van der Waals surface area contributed by atoms with Crippen LogP contribution in [-0.2, 0) is 6.54 Å². The Labute approximate surface area is 118 Å². The fourth-order valence-electron chi connectivity index (χ4n) is 1.67. The number of hydrogen-bond acceptors (Lipinski definition) is 2. The predicted octanol–water partition coefficient (Wildman–Crippen LogP) is 4.35. The van der Waals surface area contributed by atoms with Gasteiger partial charge in [0, 0.05) is 11.0 Å². The molecule has 0 aliphatic carbocycles. The number of ether oxygens (including phenoxy) is 1. The molecule has 0 fully saturated rings. The zero-order chi connectivity index (χ0) is 13.8. The minimum Gasteiger partial charge on any atom is -0.495 e. The van der Waals surface area contributed by atoms with Crippen LogP contribution >= 0.6 is 15.9 Å². The van der Waals surface area contributed by atoms with Gasteiger partial charge in [-0.25, -0.2) is 8.78 Å². The largest absolute Gasteiger partial charge is 0.495 e. The van der Waals surface area contributed by atoms with Gasteiger partial charge in [0.25, 0.3) is 0 Å². The SMILES string of the molecule is COc1ccc(Br)cc1NCc1ccc(F)c(F)c1. The van der Waals surface area contributed by atoms with E-state index in [4.69, 9.17) is 4.74 Å². The molecule has 0 spiro atoms. The molecule has 0 saturated carbocycles. The highest BCUT2D eigenvalue weighted by atomic mass is 79.9. The summed E-state index contributed by atoms with van der Waals surface area (Å²) in [6, 6.07) is 9.37. The van der Waals surface area contributed by atoms with Gasteiger partial charge in [-0.15, -0.1) is 0 Å². The smallest absolute Gasteiger partial charge is 0.159 e. The number of methoxy groups -OCH3 is 1. The molecule has 1 N–H and O–H groups in total. The van der Waals surface area contributed by atoms with Crippen LogP contribution in [0.4, 0.5) is 14.5 Å². The maximum Gasteiger partial charge on any atom is 0.159 e. The lowest BCUT2D eigenvalue weighted by molar-refractivity contribution is 0.416. The van der Waals surface area contributed by atoms with Crippen molar-refractivity contribution in [3.05, 3.63) is 58.1 Å². The van der Waals surface area contributed by atoms with Crippen LogP contribution in [0.2, 0.25) is 0 Å². The van der Waals surface area contributed by atoms with Gasteiger partial charge in [-0.05, 0) is 35.9 Å². The van der Waals surface area contributed by atoms with Crippen molar-refractivity contribution in [2.75, 3.05) is 12.4 Å². The van der Waals surface area contributed by atoms with Crippen molar-refractivity contribution >= 4 is 21.6 Å². The first kappa shape index (κ1) is 13.8. The second kappa shape index (κ2) is 6.02. The van der Waals surface area contributed by atoms with Gasteiger partial charge >= 0.3 is 0 Å². The summed E-state index contributed by atoms with van der Waals surface area (Å²) in [7, 11) is 1.58. The van der Waals surface area contributed by atoms with Crippen molar-refractivity contribution in [3.8, 4) is 5.75 Å². The van der Waals surface area contributed by atoms with Crippen molar-refractivity contribution in [2.24, 2.45) is 0 Å². The molecule has 0 amide bonds. The Hall–Kier alpha value is -1.62. The molecule has 100 valence electrons. The number of nitrogens with one attached hydrogen (secondary N) is 1. The summed E-state index contributed by atoms with van der Waals surface area (Å²) in [5.74, 6) is -1.00. The second-order valence-corrected chi connectivity index (χ2v) is 4.86. The average molecular weight is 328 g/mol. The minimum absolute atomic E-state index is 0.379. The molecule has 0 aliphatic rings. The van der Waals surface area contributed by atoms with Crippen LogP contribution in [0.15, 0.2) is 40.9 Å². The molecule has 0 heterocycles. The van der Waals surface area contributed by atoms with E-state index in [1.54, 1.807) is 7.11 Å². The lowest BCUT2D eigenvalue weighted by Crippen LogP contribution is -2.02. The summed E-state index contributed by atoms with van der Waals surface area (Å²) in [6.45, 7) is 0.379. The summed E-state index contributed by atoms with van der Waals surface area (Å²) >= 11 is 3.37. The maximum absolute atomic E-state index is 13.1. The number of benzene rings is 2. The first-order valence-corrected chi connectivity index (χ1v) is 6.41. The van der Waals surface area contributed by atoms with Gasteiger partial charge in [0.2, 0.25) is 0 Å². The topological polar surface area (TPSA) is 21.3 Å². The Morgan fingerprint density at radius 3 is 2.58 bits per heavy atom. The fraction of sp³-hybridized carbons (Fsp3) is 0.143. The molecule has 0 bridgehead atoms. The summed E-state index contributed by atoms with van der Waals surface area (Å²) < 4.78 is 32.0. The third-order valence-electron chi connectivity index (χ3n) is 2.63. The molecule has 2 rings (SSSR count). The van der Waals surface area contributed by atoms with Gasteiger partial charge in [-0.3, -0.25) is 0 Å². The normalized spacial score (nSPS) is 10.3. The molecule has 19 heavy (non-hydrogen) atoms. The van der Waals surface area contributed by atoms with Gasteiger partial charge in [-0.1, -0.05) is 22.0 Å². The number of hydrogen-bond donors (Lipinski definition) is 1. The second-order valence-electron chi connectivity index (χ2n) is 3.95. The molecule has 0 unspecified atom stereocenters. The number of halogens is 3. The molecule has 2 aromatic carbocycles. The van der Waals surface area contributed by atoms with Crippen LogP contribution in [0.5, 0.6) is 5.75 Å². The Bertz CT molecular complexity index is 590. The predicted molar refractivity (Wildman–Crippen MR) is 74.4 cm³/mol. The average Bonchev–Trinajstić information content (AvgIpc) is 2.40. The monoisotopic (exact) mass is 327 g/mol. The molecule has 2 nitrogen and oxygen atoms in total. The first-order valence-electron chi connectivity index (χ1n) is 5.61. The Kier molecular flexibility index (Phi) is 4.37. The van der Waals surface area contributed by atoms with E-state index in [2.05, 4.69) is 21.2 Å². The highest BCUT2D eigenvalue weighted by Crippen LogP contribution is 2.28. The highest BCUT2D eigenvalue weighted by Gasteiger charge is 2.05. The van der Waals surface area contributed by atoms with Gasteiger partial charge < -0.3 is 10.1 Å². The minimum atomic E-state index is -0.847. The van der Waals surface area contributed by atoms with Crippen LogP contribution < -0.4 is 10.1 Å². The lowest BCUT2D eigenvalue weighted by Gasteiger charge is -2.11. The third-order valence-corrected chi connectivity index (χ3v) is 3.12. The summed E-state index contributed by atoms with van der Waals surface area (Å²) in [4.78, 5) is 0. The zero-order valence-electron chi connectivity index (χ0n) is 10.2. The molecule has 0 atom stereocenters. The van der Waals surface area contributed by atoms with E-state index in [1.165, 1.54) is 12.1 Å². The summed E-state index contributed by atoms with van der Waals surface area (Å²) in [6.07, 6.45) is 0. The Morgan fingerprint density at radius 1 is 1.11 bits per heavy atom. The van der Waals surface area contributed by atoms with Crippen molar-refractivity contribution < 1.29 is 13.5 Å². The van der Waals surface area contributed by atoms with Crippen molar-refractivity contribution in [3.63, 3.8) is 0 Å². The van der Waals surface area contributed by atoms with E-state index >= 15 is 0 Å². The Balaban J connectivity index is 2.13. The molecule has 0 radical (unpaired) electrons. The fourth-order valence-corrected chi connectivity index (χ4v) is 2.03. The first-order chi connectivity index (χ1) is 9.10. The third kappa shape index (κ3) is 3.44. The molecule has 0 aliphatic heterocycles. The van der Waals surface area contributed by atoms with Crippen LogP contribution in [0, 0.1) is 11.6 Å². The van der Waals surface area contributed by atoms with Gasteiger partial charge in [-0.2, -0.15) is 0 Å². The molecular weight excluding hydrogens is 316 g/mol. The van der Waals surface area contributed by atoms with E-state index in [9.17, 15) is 8.78 Å². The maximum atomic E-state index is 13.1. The molecule has 0 saturated heterocycles. The van der Waals surface area contributed by atoms with E-state index < -0.39 is 11.6 Å². The van der Waals surface area contributed by atoms with E-state index in [-0.39, 0.29) is 0 Å².